The number of aromatic hydroxyl groups is 1. The van der Waals surface area contributed by atoms with E-state index in [2.05, 4.69) is 5.32 Å². The van der Waals surface area contributed by atoms with Crippen molar-refractivity contribution in [3.63, 3.8) is 0 Å². The number of anilines is 1. The van der Waals surface area contributed by atoms with Crippen molar-refractivity contribution in [2.45, 2.75) is 25.7 Å². The number of hydrogen-bond donors (Lipinski definition) is 2. The third-order valence-electron chi connectivity index (χ3n) is 3.92. The molecule has 2 aromatic carbocycles. The van der Waals surface area contributed by atoms with E-state index in [1.165, 1.54) is 0 Å². The lowest BCUT2D eigenvalue weighted by Gasteiger charge is -2.21. The molecule has 3 nitrogen and oxygen atoms in total. The first kappa shape index (κ1) is 14.4. The number of carbonyl (C=O) groups is 1. The number of nitrogens with one attached hydrogen (secondary N) is 1. The first-order valence-electron chi connectivity index (χ1n) is 7.62. The Kier molecular flexibility index (Phi) is 4.24. The average molecular weight is 293 g/mol. The van der Waals surface area contributed by atoms with E-state index in [1.54, 1.807) is 18.2 Å². The number of allylic oxidation sites excluding steroid dienone is 2. The number of phenolic OH excluding ortho intramolecular Hbond substituents is 1. The van der Waals surface area contributed by atoms with E-state index >= 15 is 0 Å². The minimum Gasteiger partial charge on any atom is -0.508 e. The van der Waals surface area contributed by atoms with Gasteiger partial charge in [0.2, 0.25) is 0 Å². The van der Waals surface area contributed by atoms with E-state index in [1.807, 2.05) is 36.4 Å². The zero-order valence-electron chi connectivity index (χ0n) is 12.4. The monoisotopic (exact) mass is 293 g/mol. The lowest BCUT2D eigenvalue weighted by atomic mass is 9.90. The average Bonchev–Trinajstić information content (AvgIpc) is 2.56. The van der Waals surface area contributed by atoms with Gasteiger partial charge >= 0.3 is 0 Å². The van der Waals surface area contributed by atoms with Gasteiger partial charge < -0.3 is 10.4 Å². The van der Waals surface area contributed by atoms with Crippen molar-refractivity contribution in [1.82, 2.24) is 0 Å². The third-order valence-corrected chi connectivity index (χ3v) is 3.92. The van der Waals surface area contributed by atoms with Gasteiger partial charge in [-0.25, -0.2) is 0 Å². The first-order valence-corrected chi connectivity index (χ1v) is 7.62. The first-order chi connectivity index (χ1) is 10.7. The van der Waals surface area contributed by atoms with Crippen molar-refractivity contribution in [3.05, 3.63) is 71.4 Å². The number of hydrogen-bond acceptors (Lipinski definition) is 3. The Morgan fingerprint density at radius 2 is 1.73 bits per heavy atom. The van der Waals surface area contributed by atoms with Crippen molar-refractivity contribution >= 4 is 11.5 Å². The Labute approximate surface area is 130 Å². The molecule has 0 saturated carbocycles. The molecule has 0 atom stereocenters. The molecule has 0 spiro atoms. The fourth-order valence-corrected chi connectivity index (χ4v) is 2.82. The van der Waals surface area contributed by atoms with Gasteiger partial charge in [-0.05, 0) is 37.8 Å². The molecule has 0 saturated heterocycles. The summed E-state index contributed by atoms with van der Waals surface area (Å²) < 4.78 is 0. The van der Waals surface area contributed by atoms with Crippen LogP contribution in [-0.2, 0) is 0 Å². The number of Topliss-reactive ketones (excluding diaryl/α,β-unsaturated/α-hetero) is 1. The normalized spacial score (nSPS) is 14.7. The van der Waals surface area contributed by atoms with Gasteiger partial charge in [-0.1, -0.05) is 36.4 Å². The fraction of sp³-hybridized carbons (Fsp3) is 0.211. The molecule has 3 rings (SSSR count). The zero-order valence-corrected chi connectivity index (χ0v) is 12.4. The lowest BCUT2D eigenvalue weighted by Crippen LogP contribution is -2.15. The Morgan fingerprint density at radius 3 is 2.50 bits per heavy atom. The molecule has 22 heavy (non-hydrogen) atoms. The molecule has 0 fully saturated rings. The standard InChI is InChI=1S/C19H19NO2/c21-16-10-6-9-15(13-16)20-18-12-5-4-11-17(18)19(22)14-7-2-1-3-8-14/h1-3,6-10,13,20-21H,4-5,11-12H2. The van der Waals surface area contributed by atoms with Crippen LogP contribution in [0.15, 0.2) is 65.9 Å². The summed E-state index contributed by atoms with van der Waals surface area (Å²) in [7, 11) is 0. The Bertz CT molecular complexity index is 704. The molecule has 0 aliphatic heterocycles. The molecule has 3 heteroatoms. The highest BCUT2D eigenvalue weighted by Gasteiger charge is 2.20. The number of carbonyl (C=O) groups excluding carboxylic acids is 1. The number of rotatable bonds is 4. The molecule has 0 unspecified atom stereocenters. The van der Waals surface area contributed by atoms with E-state index < -0.39 is 0 Å². The molecular formula is C19H19NO2. The molecule has 2 aromatic rings. The van der Waals surface area contributed by atoms with Crippen LogP contribution < -0.4 is 5.32 Å². The van der Waals surface area contributed by atoms with Crippen molar-refractivity contribution in [2.24, 2.45) is 0 Å². The molecule has 2 N–H and O–H groups in total. The van der Waals surface area contributed by atoms with Crippen LogP contribution in [0.4, 0.5) is 5.69 Å². The minimum absolute atomic E-state index is 0.1000. The summed E-state index contributed by atoms with van der Waals surface area (Å²) in [6.45, 7) is 0. The fourth-order valence-electron chi connectivity index (χ4n) is 2.82. The predicted octanol–water partition coefficient (Wildman–Crippen LogP) is 4.52. The molecule has 0 heterocycles. The van der Waals surface area contributed by atoms with Gasteiger partial charge in [-0.2, -0.15) is 0 Å². The van der Waals surface area contributed by atoms with Gasteiger partial charge in [0.05, 0.1) is 0 Å². The van der Waals surface area contributed by atoms with Gasteiger partial charge in [-0.15, -0.1) is 0 Å². The number of benzene rings is 2. The molecule has 0 bridgehead atoms. The van der Waals surface area contributed by atoms with E-state index in [4.69, 9.17) is 0 Å². The molecule has 0 amide bonds. The molecule has 1 aliphatic rings. The van der Waals surface area contributed by atoms with E-state index in [9.17, 15) is 9.90 Å². The van der Waals surface area contributed by atoms with Gasteiger partial charge in [0.1, 0.15) is 5.75 Å². The van der Waals surface area contributed by atoms with Crippen LogP contribution in [0.5, 0.6) is 5.75 Å². The smallest absolute Gasteiger partial charge is 0.190 e. The van der Waals surface area contributed by atoms with Crippen LogP contribution in [0, 0.1) is 0 Å². The van der Waals surface area contributed by atoms with Crippen molar-refractivity contribution in [3.8, 4) is 5.75 Å². The van der Waals surface area contributed by atoms with E-state index in [-0.39, 0.29) is 11.5 Å². The summed E-state index contributed by atoms with van der Waals surface area (Å²) in [5, 5.41) is 12.9. The quantitative estimate of drug-likeness (QED) is 0.815. The maximum atomic E-state index is 12.7. The van der Waals surface area contributed by atoms with Crippen LogP contribution >= 0.6 is 0 Å². The zero-order chi connectivity index (χ0) is 15.4. The van der Waals surface area contributed by atoms with Gasteiger partial charge in [0.15, 0.2) is 5.78 Å². The van der Waals surface area contributed by atoms with Gasteiger partial charge in [0.25, 0.3) is 0 Å². The molecule has 112 valence electrons. The highest BCUT2D eigenvalue weighted by Crippen LogP contribution is 2.29. The molecule has 1 aliphatic carbocycles. The second kappa shape index (κ2) is 6.48. The summed E-state index contributed by atoms with van der Waals surface area (Å²) in [6, 6.07) is 16.4. The van der Waals surface area contributed by atoms with Gasteiger partial charge in [0, 0.05) is 28.6 Å². The van der Waals surface area contributed by atoms with Crippen molar-refractivity contribution in [1.29, 1.82) is 0 Å². The highest BCUT2D eigenvalue weighted by molar-refractivity contribution is 6.09. The highest BCUT2D eigenvalue weighted by atomic mass is 16.3. The second-order valence-corrected chi connectivity index (χ2v) is 5.53. The summed E-state index contributed by atoms with van der Waals surface area (Å²) in [4.78, 5) is 12.7. The largest absolute Gasteiger partial charge is 0.508 e. The van der Waals surface area contributed by atoms with Crippen molar-refractivity contribution in [2.75, 3.05) is 5.32 Å². The topological polar surface area (TPSA) is 49.3 Å². The third kappa shape index (κ3) is 3.19. The molecular weight excluding hydrogens is 274 g/mol. The maximum Gasteiger partial charge on any atom is 0.190 e. The maximum absolute atomic E-state index is 12.7. The SMILES string of the molecule is O=C(C1=C(Nc2cccc(O)c2)CCCC1)c1ccccc1. The Hall–Kier alpha value is -2.55. The van der Waals surface area contributed by atoms with Crippen molar-refractivity contribution < 1.29 is 9.90 Å². The second-order valence-electron chi connectivity index (χ2n) is 5.53. The lowest BCUT2D eigenvalue weighted by molar-refractivity contribution is 0.102. The summed E-state index contributed by atoms with van der Waals surface area (Å²) in [6.07, 6.45) is 3.78. The van der Waals surface area contributed by atoms with E-state index in [0.29, 0.717) is 0 Å². The minimum atomic E-state index is 0.1000. The van der Waals surface area contributed by atoms with Crippen LogP contribution in [0.2, 0.25) is 0 Å². The molecule has 0 aromatic heterocycles. The Balaban J connectivity index is 1.91. The summed E-state index contributed by atoms with van der Waals surface area (Å²) >= 11 is 0. The summed E-state index contributed by atoms with van der Waals surface area (Å²) in [5.41, 5.74) is 3.39. The Morgan fingerprint density at radius 1 is 0.955 bits per heavy atom. The van der Waals surface area contributed by atoms with Crippen LogP contribution in [0.3, 0.4) is 0 Å². The van der Waals surface area contributed by atoms with Crippen LogP contribution in [-0.4, -0.2) is 10.9 Å². The van der Waals surface area contributed by atoms with Gasteiger partial charge in [-0.3, -0.25) is 4.79 Å². The predicted molar refractivity (Wildman–Crippen MR) is 88.0 cm³/mol. The number of phenols is 1. The molecule has 0 radical (unpaired) electrons. The van der Waals surface area contributed by atoms with Crippen LogP contribution in [0.25, 0.3) is 0 Å². The number of ketones is 1. The summed E-state index contributed by atoms with van der Waals surface area (Å²) in [5.74, 6) is 0.320. The van der Waals surface area contributed by atoms with E-state index in [0.717, 1.165) is 48.2 Å². The van der Waals surface area contributed by atoms with Crippen LogP contribution in [0.1, 0.15) is 36.0 Å².